The smallest absolute Gasteiger partial charge is 0.0494 e. The van der Waals surface area contributed by atoms with Gasteiger partial charge in [-0.1, -0.05) is 285 Å². The van der Waals surface area contributed by atoms with Crippen molar-refractivity contribution < 1.29 is 0 Å². The monoisotopic (exact) mass is 1260 g/mol. The Morgan fingerprint density at radius 1 is 0.301 bits per heavy atom. The van der Waals surface area contributed by atoms with E-state index in [4.69, 9.17) is 0 Å². The van der Waals surface area contributed by atoms with E-state index in [2.05, 4.69) is 255 Å². The number of benzene rings is 7. The summed E-state index contributed by atoms with van der Waals surface area (Å²) in [6.07, 6.45) is 11.3. The molecule has 0 fully saturated rings. The Balaban J connectivity index is -0.000000548. The molecule has 5 atom stereocenters. The Bertz CT molecular complexity index is 3560. The van der Waals surface area contributed by atoms with Crippen LogP contribution in [0, 0.1) is 20.8 Å². The van der Waals surface area contributed by atoms with Crippen molar-refractivity contribution in [2.75, 3.05) is 0 Å². The summed E-state index contributed by atoms with van der Waals surface area (Å²) >= 11 is 0. The van der Waals surface area contributed by atoms with Crippen molar-refractivity contribution in [2.45, 2.75) is 212 Å². The van der Waals surface area contributed by atoms with E-state index in [-0.39, 0.29) is 74.3 Å². The van der Waals surface area contributed by atoms with Crippen molar-refractivity contribution >= 4 is 43.6 Å². The summed E-state index contributed by atoms with van der Waals surface area (Å²) in [6.45, 7) is 23.0. The van der Waals surface area contributed by atoms with Gasteiger partial charge in [-0.05, 0) is 173 Å². The number of pyridine rings is 3. The maximum absolute atomic E-state index is 3.98. The minimum absolute atomic E-state index is 0. The minimum Gasteiger partial charge on any atom is -0.341 e. The normalized spacial score (nSPS) is 11.2. The molecule has 0 N–H and O–H groups in total. The maximum atomic E-state index is 3.98. The van der Waals surface area contributed by atoms with Crippen LogP contribution in [0.5, 0.6) is 0 Å². The lowest BCUT2D eigenvalue weighted by molar-refractivity contribution is 0.462. The fourth-order valence-corrected chi connectivity index (χ4v) is 11.1. The topological polar surface area (TPSA) is 48.5 Å². The summed E-state index contributed by atoms with van der Waals surface area (Å²) < 4.78 is 4.99. The van der Waals surface area contributed by atoms with Gasteiger partial charge >= 0.3 is 0 Å². The molecule has 0 radical (unpaired) electrons. The highest BCUT2D eigenvalue weighted by molar-refractivity contribution is 6.09. The van der Waals surface area contributed by atoms with Crippen LogP contribution in [-0.4, -0.2) is 24.1 Å². The SMILES string of the molecule is C.C.C.C.C.C.C.C.C.C.CCC(C)c1ccccc1.CCC(CC(C)c1ccc2c3ccccc3n(CC)c2c1)c1ccccc1.CCC(CC(C)n1c2ccccc2c2ccccc21)c1ccccc1.Cc1ccccn1.Cc1ccccn1.Cc1ccccn1. The van der Waals surface area contributed by atoms with E-state index in [9.17, 15) is 0 Å². The number of fused-ring (bicyclic) bond motifs is 6. The first-order chi connectivity index (χ1) is 40.5. The zero-order valence-corrected chi connectivity index (χ0v) is 51.1. The Morgan fingerprint density at radius 3 is 0.978 bits per heavy atom. The third kappa shape index (κ3) is 26.3. The Hall–Kier alpha value is -8.41. The number of hydrogen-bond donors (Lipinski definition) is 0. The molecule has 5 heteroatoms. The second-order valence-electron chi connectivity index (χ2n) is 21.8. The molecule has 0 aliphatic rings. The summed E-state index contributed by atoms with van der Waals surface area (Å²) in [5, 5.41) is 5.46. The Morgan fingerprint density at radius 2 is 0.634 bits per heavy atom. The van der Waals surface area contributed by atoms with Crippen molar-refractivity contribution in [1.29, 1.82) is 0 Å². The molecule has 0 aliphatic carbocycles. The molecule has 5 heterocycles. The van der Waals surface area contributed by atoms with Crippen LogP contribution < -0.4 is 0 Å². The molecule has 0 spiro atoms. The second-order valence-corrected chi connectivity index (χ2v) is 21.8. The molecule has 5 aromatic heterocycles. The van der Waals surface area contributed by atoms with E-state index < -0.39 is 0 Å². The van der Waals surface area contributed by atoms with Gasteiger partial charge in [0.2, 0.25) is 0 Å². The van der Waals surface area contributed by atoms with Crippen LogP contribution >= 0.6 is 0 Å². The largest absolute Gasteiger partial charge is 0.341 e. The van der Waals surface area contributed by atoms with Crippen LogP contribution in [0.4, 0.5) is 0 Å². The van der Waals surface area contributed by atoms with Crippen LogP contribution in [0.1, 0.15) is 224 Å². The summed E-state index contributed by atoms with van der Waals surface area (Å²) in [4.78, 5) is 11.9. The van der Waals surface area contributed by atoms with Crippen LogP contribution in [-0.2, 0) is 6.54 Å². The average Bonchev–Trinajstić information content (AvgIpc) is 1.62. The molecular formula is C88H129N5. The van der Waals surface area contributed by atoms with Gasteiger partial charge in [0.05, 0.1) is 0 Å². The molecular weight excluding hydrogens is 1130 g/mol. The molecule has 0 saturated carbocycles. The summed E-state index contributed by atoms with van der Waals surface area (Å²) in [5.74, 6) is 2.47. The predicted octanol–water partition coefficient (Wildman–Crippen LogP) is 28.2. The molecule has 0 bridgehead atoms. The molecule has 0 saturated heterocycles. The minimum atomic E-state index is 0. The molecule has 5 unspecified atom stereocenters. The van der Waals surface area contributed by atoms with Gasteiger partial charge in [0.25, 0.3) is 0 Å². The molecule has 93 heavy (non-hydrogen) atoms. The van der Waals surface area contributed by atoms with Gasteiger partial charge in [-0.15, -0.1) is 0 Å². The maximum Gasteiger partial charge on any atom is 0.0494 e. The Labute approximate surface area is 570 Å². The predicted molar refractivity (Wildman–Crippen MR) is 425 cm³/mol. The highest BCUT2D eigenvalue weighted by Gasteiger charge is 2.20. The number of para-hydroxylation sites is 3. The number of hydrogen-bond acceptors (Lipinski definition) is 3. The fraction of sp³-hybridized carbons (Fsp3) is 0.352. The van der Waals surface area contributed by atoms with Crippen molar-refractivity contribution in [3.05, 3.63) is 295 Å². The van der Waals surface area contributed by atoms with E-state index in [1.807, 2.05) is 75.4 Å². The number of rotatable bonds is 13. The zero-order valence-electron chi connectivity index (χ0n) is 51.1. The van der Waals surface area contributed by atoms with Crippen LogP contribution in [0.3, 0.4) is 0 Å². The summed E-state index contributed by atoms with van der Waals surface area (Å²) in [6, 6.07) is 84.1. The molecule has 12 aromatic rings. The van der Waals surface area contributed by atoms with Gasteiger partial charge in [0.1, 0.15) is 0 Å². The van der Waals surface area contributed by atoms with E-state index in [0.717, 1.165) is 30.0 Å². The second kappa shape index (κ2) is 48.4. The van der Waals surface area contributed by atoms with E-state index >= 15 is 0 Å². The third-order valence-electron chi connectivity index (χ3n) is 16.0. The van der Waals surface area contributed by atoms with Gasteiger partial charge < -0.3 is 9.13 Å². The average molecular weight is 1260 g/mol. The molecule has 0 aliphatic heterocycles. The third-order valence-corrected chi connectivity index (χ3v) is 16.0. The van der Waals surface area contributed by atoms with Crippen molar-refractivity contribution in [3.63, 3.8) is 0 Å². The van der Waals surface area contributed by atoms with Crippen molar-refractivity contribution in [1.82, 2.24) is 24.1 Å². The molecule has 0 amide bonds. The van der Waals surface area contributed by atoms with E-state index in [1.165, 1.54) is 91.5 Å². The number of aromatic nitrogens is 5. The number of aryl methyl sites for hydroxylation is 4. The lowest BCUT2D eigenvalue weighted by atomic mass is 9.84. The van der Waals surface area contributed by atoms with Gasteiger partial charge in [-0.25, -0.2) is 0 Å². The van der Waals surface area contributed by atoms with Crippen molar-refractivity contribution in [3.8, 4) is 0 Å². The fourth-order valence-electron chi connectivity index (χ4n) is 11.1. The zero-order chi connectivity index (χ0) is 58.8. The van der Waals surface area contributed by atoms with Crippen LogP contribution in [0.2, 0.25) is 0 Å². The van der Waals surface area contributed by atoms with E-state index in [1.54, 1.807) is 18.6 Å². The van der Waals surface area contributed by atoms with Gasteiger partial charge in [-0.3, -0.25) is 15.0 Å². The molecule has 506 valence electrons. The lowest BCUT2D eigenvalue weighted by Gasteiger charge is -2.23. The number of nitrogens with zero attached hydrogens (tertiary/aromatic N) is 5. The van der Waals surface area contributed by atoms with Gasteiger partial charge in [-0.2, -0.15) is 0 Å². The summed E-state index contributed by atoms with van der Waals surface area (Å²) in [7, 11) is 0. The molecule has 12 rings (SSSR count). The quantitative estimate of drug-likeness (QED) is 0.116. The van der Waals surface area contributed by atoms with Crippen molar-refractivity contribution in [2.24, 2.45) is 0 Å². The van der Waals surface area contributed by atoms with Gasteiger partial charge in [0.15, 0.2) is 0 Å². The summed E-state index contributed by atoms with van der Waals surface area (Å²) in [5.41, 5.74) is 14.4. The van der Waals surface area contributed by atoms with Gasteiger partial charge in [0, 0.05) is 91.9 Å². The van der Waals surface area contributed by atoms with Crippen LogP contribution in [0.25, 0.3) is 43.6 Å². The first-order valence-electron chi connectivity index (χ1n) is 30.3. The van der Waals surface area contributed by atoms with E-state index in [0.29, 0.717) is 29.7 Å². The molecule has 7 aromatic carbocycles. The van der Waals surface area contributed by atoms with Crippen LogP contribution in [0.15, 0.2) is 255 Å². The standard InChI is InChI=1S/C26H29N.C24H25N.C10H14.3C6H7N.10CH4/c1-4-20(21-11-7-6-8-12-21)17-19(3)22-15-16-24-23-13-9-10-14-25(23)27(5-2)26(24)18-22;1-3-19(20-11-5-4-6-12-20)17-18(2)25-23-15-9-7-13-21(23)22-14-8-10-16-24(22)25;1-3-9(2)10-7-5-4-6-8-10;3*1-6-4-2-3-5-7-6;;;;;;;;;;/h6-16,18-20H,4-5,17H2,1-3H3;4-16,18-19H,3,17H2,1-2H3;4-9H,3H2,1-2H3;3*2-5H,1H3;10*1H4. The molecule has 5 nitrogen and oxygen atoms in total. The first-order valence-corrected chi connectivity index (χ1v) is 30.3. The Kier molecular flexibility index (Phi) is 47.3. The first kappa shape index (κ1) is 91.0. The lowest BCUT2D eigenvalue weighted by Crippen LogP contribution is -2.10. The highest BCUT2D eigenvalue weighted by Crippen LogP contribution is 2.38. The highest BCUT2D eigenvalue weighted by atomic mass is 15.0.